The van der Waals surface area contributed by atoms with Gasteiger partial charge < -0.3 is 50.2 Å². The number of nitrogens with zero attached hydrogens (tertiary/aromatic N) is 1. The molecule has 2 aromatic carbocycles. The number of likely N-dealkylation sites (N-methyl/N-ethyl adjacent to an activating group) is 1. The van der Waals surface area contributed by atoms with E-state index in [1.54, 1.807) is 76.2 Å². The van der Waals surface area contributed by atoms with Gasteiger partial charge in [0, 0.05) is 19.4 Å². The van der Waals surface area contributed by atoms with Crippen molar-refractivity contribution in [3.63, 3.8) is 0 Å². The maximum atomic E-state index is 14.3. The monoisotopic (exact) mass is 951 g/mol. The lowest BCUT2D eigenvalue weighted by atomic mass is 9.98. The van der Waals surface area contributed by atoms with Crippen LogP contribution >= 0.6 is 0 Å². The number of amides is 5. The van der Waals surface area contributed by atoms with E-state index in [0.717, 1.165) is 27.2 Å². The molecule has 0 aliphatic heterocycles. The Kier molecular flexibility index (Phi) is 19.3. The van der Waals surface area contributed by atoms with Gasteiger partial charge in [0.15, 0.2) is 0 Å². The minimum absolute atomic E-state index is 0.126. The summed E-state index contributed by atoms with van der Waals surface area (Å²) >= 11 is 0. The number of fused-ring (bicyclic) bond motifs is 3. The number of carboxylic acids is 1. The number of esters is 3. The second-order valence-electron chi connectivity index (χ2n) is 20.0. The highest BCUT2D eigenvalue weighted by molar-refractivity contribution is 5.97. The molecule has 3 rings (SSSR count). The first-order valence-electron chi connectivity index (χ1n) is 22.5. The van der Waals surface area contributed by atoms with Gasteiger partial charge in [-0.1, -0.05) is 62.4 Å². The van der Waals surface area contributed by atoms with Crippen molar-refractivity contribution in [2.45, 2.75) is 162 Å². The Hall–Kier alpha value is -6.53. The van der Waals surface area contributed by atoms with Crippen LogP contribution < -0.4 is 21.3 Å². The lowest BCUT2D eigenvalue weighted by Gasteiger charge is -2.30. The molecule has 19 heteroatoms. The minimum Gasteiger partial charge on any atom is -0.480 e. The zero-order valence-electron chi connectivity index (χ0n) is 41.4. The fraction of sp³-hybridized carbons (Fsp3) is 0.571. The summed E-state index contributed by atoms with van der Waals surface area (Å²) in [5.41, 5.74) is 0.972. The summed E-state index contributed by atoms with van der Waals surface area (Å²) in [6.07, 6.45) is -3.25. The Labute approximate surface area is 398 Å². The molecule has 374 valence electrons. The molecule has 0 aromatic heterocycles. The lowest BCUT2D eigenvalue weighted by Crippen LogP contribution is -2.60. The smallest absolute Gasteiger partial charge is 0.407 e. The summed E-state index contributed by atoms with van der Waals surface area (Å²) < 4.78 is 21.9. The van der Waals surface area contributed by atoms with Crippen LogP contribution in [-0.2, 0) is 57.3 Å². The molecule has 5 amide bonds. The Morgan fingerprint density at radius 3 is 1.51 bits per heavy atom. The lowest BCUT2D eigenvalue weighted by molar-refractivity contribution is -0.158. The van der Waals surface area contributed by atoms with Crippen molar-refractivity contribution in [1.29, 1.82) is 0 Å². The van der Waals surface area contributed by atoms with E-state index < -0.39 is 126 Å². The summed E-state index contributed by atoms with van der Waals surface area (Å²) in [4.78, 5) is 121. The van der Waals surface area contributed by atoms with Crippen molar-refractivity contribution >= 4 is 53.6 Å². The third-order valence-corrected chi connectivity index (χ3v) is 10.4. The van der Waals surface area contributed by atoms with Gasteiger partial charge in [0.2, 0.25) is 23.6 Å². The van der Waals surface area contributed by atoms with Gasteiger partial charge in [-0.25, -0.2) is 9.59 Å². The van der Waals surface area contributed by atoms with E-state index in [4.69, 9.17) is 18.9 Å². The standard InChI is InChI=1S/C49H69N5O14/c1-27(2)40(43(60)51-36(25-39(57)68-49(10,11)12)44(61)54(13)28(3)45(62)63)53-41(58)34(22-23-37(55)66-47(4,5)6)50-42(59)35(24-38(56)67-48(7,8)9)52-46(64)65-26-33-31-20-16-14-18-29(31)30-19-15-17-21-32(30)33/h14-21,27-28,33-36,40H,22-26H2,1-13H3,(H,50,59)(H,51,60)(H,52,64)(H,53,58)(H,62,63)/t28-,34-,35+,36+,40-/m0/s1. The average Bonchev–Trinajstić information content (AvgIpc) is 3.53. The highest BCUT2D eigenvalue weighted by atomic mass is 16.6. The van der Waals surface area contributed by atoms with Crippen molar-refractivity contribution in [3.05, 3.63) is 59.7 Å². The molecule has 2 aromatic rings. The molecule has 0 radical (unpaired) electrons. The molecule has 1 aliphatic carbocycles. The first-order chi connectivity index (χ1) is 31.4. The molecule has 0 saturated heterocycles. The predicted molar refractivity (Wildman–Crippen MR) is 248 cm³/mol. The Balaban J connectivity index is 1.93. The van der Waals surface area contributed by atoms with E-state index in [-0.39, 0.29) is 18.9 Å². The maximum Gasteiger partial charge on any atom is 0.407 e. The van der Waals surface area contributed by atoms with Crippen molar-refractivity contribution in [3.8, 4) is 11.1 Å². The van der Waals surface area contributed by atoms with Gasteiger partial charge in [-0.3, -0.25) is 33.6 Å². The molecule has 0 fully saturated rings. The van der Waals surface area contributed by atoms with Crippen LogP contribution in [0.15, 0.2) is 48.5 Å². The molecular weight excluding hydrogens is 883 g/mol. The summed E-state index contributed by atoms with van der Waals surface area (Å²) in [6, 6.07) is 7.64. The van der Waals surface area contributed by atoms with Crippen LogP contribution in [0.1, 0.15) is 126 Å². The highest BCUT2D eigenvalue weighted by Crippen LogP contribution is 2.44. The molecular formula is C49H69N5O14. The topological polar surface area (TPSA) is 262 Å². The molecule has 0 bridgehead atoms. The average molecular weight is 952 g/mol. The third kappa shape index (κ3) is 17.3. The molecule has 68 heavy (non-hydrogen) atoms. The Bertz CT molecular complexity index is 2140. The number of alkyl carbamates (subject to hydrolysis) is 1. The number of nitrogens with one attached hydrogen (secondary N) is 4. The summed E-state index contributed by atoms with van der Waals surface area (Å²) in [5.74, 6) is -8.79. The van der Waals surface area contributed by atoms with Gasteiger partial charge in [-0.15, -0.1) is 0 Å². The Morgan fingerprint density at radius 2 is 1.04 bits per heavy atom. The molecule has 0 heterocycles. The zero-order valence-corrected chi connectivity index (χ0v) is 41.4. The van der Waals surface area contributed by atoms with Crippen LogP contribution in [0.3, 0.4) is 0 Å². The summed E-state index contributed by atoms with van der Waals surface area (Å²) in [6.45, 7) is 18.8. The number of hydrogen-bond acceptors (Lipinski definition) is 13. The summed E-state index contributed by atoms with van der Waals surface area (Å²) in [7, 11) is 1.19. The Morgan fingerprint density at radius 1 is 0.603 bits per heavy atom. The van der Waals surface area contributed by atoms with E-state index in [1.165, 1.54) is 14.0 Å². The number of carbonyl (C=O) groups excluding carboxylic acids is 8. The van der Waals surface area contributed by atoms with E-state index >= 15 is 0 Å². The highest BCUT2D eigenvalue weighted by Gasteiger charge is 2.38. The van der Waals surface area contributed by atoms with Gasteiger partial charge in [-0.2, -0.15) is 0 Å². The summed E-state index contributed by atoms with van der Waals surface area (Å²) in [5, 5.41) is 19.5. The molecule has 0 unspecified atom stereocenters. The molecule has 0 saturated carbocycles. The maximum absolute atomic E-state index is 14.3. The van der Waals surface area contributed by atoms with E-state index in [1.807, 2.05) is 48.5 Å². The van der Waals surface area contributed by atoms with Crippen LogP contribution in [0.25, 0.3) is 11.1 Å². The second kappa shape index (κ2) is 23.5. The third-order valence-electron chi connectivity index (χ3n) is 10.4. The largest absolute Gasteiger partial charge is 0.480 e. The number of hydrogen-bond donors (Lipinski definition) is 5. The molecule has 1 aliphatic rings. The first-order valence-corrected chi connectivity index (χ1v) is 22.5. The number of aliphatic carboxylic acids is 1. The van der Waals surface area contributed by atoms with Crippen molar-refractivity contribution in [2.24, 2.45) is 5.92 Å². The van der Waals surface area contributed by atoms with Gasteiger partial charge in [0.05, 0.1) is 12.8 Å². The molecule has 0 spiro atoms. The van der Waals surface area contributed by atoms with E-state index in [0.29, 0.717) is 0 Å². The number of ether oxygens (including phenoxy) is 4. The molecule has 5 atom stereocenters. The predicted octanol–water partition coefficient (Wildman–Crippen LogP) is 4.52. The molecule has 19 nitrogen and oxygen atoms in total. The quantitative estimate of drug-likeness (QED) is 0.0903. The van der Waals surface area contributed by atoms with E-state index in [2.05, 4.69) is 21.3 Å². The van der Waals surface area contributed by atoms with Crippen LogP contribution in [-0.4, -0.2) is 124 Å². The van der Waals surface area contributed by atoms with Gasteiger partial charge in [0.25, 0.3) is 0 Å². The van der Waals surface area contributed by atoms with Crippen molar-refractivity contribution < 1.29 is 67.2 Å². The number of rotatable bonds is 20. The normalized spacial score (nSPS) is 14.6. The number of carbonyl (C=O) groups is 9. The fourth-order valence-corrected chi connectivity index (χ4v) is 7.14. The van der Waals surface area contributed by atoms with Crippen molar-refractivity contribution in [2.75, 3.05) is 13.7 Å². The van der Waals surface area contributed by atoms with E-state index in [9.17, 15) is 48.3 Å². The van der Waals surface area contributed by atoms with Crippen LogP contribution in [0.2, 0.25) is 0 Å². The number of carboxylic acid groups (broad SMARTS) is 1. The fourth-order valence-electron chi connectivity index (χ4n) is 7.14. The van der Waals surface area contributed by atoms with Gasteiger partial charge in [-0.05, 0) is 104 Å². The number of benzene rings is 2. The molecule has 5 N–H and O–H groups in total. The van der Waals surface area contributed by atoms with Crippen LogP contribution in [0.4, 0.5) is 4.79 Å². The second-order valence-corrected chi connectivity index (χ2v) is 20.0. The van der Waals surface area contributed by atoms with Crippen LogP contribution in [0, 0.1) is 5.92 Å². The van der Waals surface area contributed by atoms with Gasteiger partial charge >= 0.3 is 30.0 Å². The minimum atomic E-state index is -1.67. The van der Waals surface area contributed by atoms with Gasteiger partial charge in [0.1, 0.15) is 53.6 Å². The zero-order chi connectivity index (χ0) is 51.5. The first kappa shape index (κ1) is 55.8. The van der Waals surface area contributed by atoms with Crippen LogP contribution in [0.5, 0.6) is 0 Å². The SMILES string of the molecule is CC(C)[C@H](NC(=O)[C@H](CCC(=O)OC(C)(C)C)NC(=O)[C@@H](CC(=O)OC(C)(C)C)NC(=O)OCC1c2ccccc2-c2ccccc21)C(=O)N[C@H](CC(=O)OC(C)(C)C)C(=O)N(C)[C@@H](C)C(=O)O. The van der Waals surface area contributed by atoms with Crippen molar-refractivity contribution in [1.82, 2.24) is 26.2 Å².